The zero-order chi connectivity index (χ0) is 16.9. The lowest BCUT2D eigenvalue weighted by molar-refractivity contribution is -0.118. The fourth-order valence-electron chi connectivity index (χ4n) is 2.07. The van der Waals surface area contributed by atoms with Gasteiger partial charge in [-0.2, -0.15) is 0 Å². The summed E-state index contributed by atoms with van der Waals surface area (Å²) in [6, 6.07) is 4.02. The van der Waals surface area contributed by atoms with E-state index in [9.17, 15) is 4.79 Å². The van der Waals surface area contributed by atoms with Gasteiger partial charge in [0.1, 0.15) is 16.2 Å². The first kappa shape index (κ1) is 17.3. The minimum atomic E-state index is -0.0544. The molecule has 0 aliphatic heterocycles. The highest BCUT2D eigenvalue weighted by atomic mass is 32.2. The molecule has 0 bridgehead atoms. The molecule has 1 N–H and O–H groups in total. The molecule has 3 heterocycles. The van der Waals surface area contributed by atoms with Crippen molar-refractivity contribution < 1.29 is 9.53 Å². The fourth-order valence-corrected chi connectivity index (χ4v) is 4.59. The maximum Gasteiger partial charge on any atom is 0.230 e. The summed E-state index contributed by atoms with van der Waals surface area (Å²) in [5.41, 5.74) is 1.69. The van der Waals surface area contributed by atoms with Gasteiger partial charge in [0.25, 0.3) is 0 Å². The van der Waals surface area contributed by atoms with Gasteiger partial charge in [0.2, 0.25) is 5.91 Å². The van der Waals surface area contributed by atoms with Crippen LogP contribution < -0.4 is 5.32 Å². The Hall–Kier alpha value is -1.55. The van der Waals surface area contributed by atoms with E-state index >= 15 is 0 Å². The topological polar surface area (TPSA) is 77.0 Å². The summed E-state index contributed by atoms with van der Waals surface area (Å²) in [5.74, 6) is 0.226. The van der Waals surface area contributed by atoms with Gasteiger partial charge in [-0.1, -0.05) is 17.8 Å². The van der Waals surface area contributed by atoms with Gasteiger partial charge in [-0.3, -0.25) is 4.79 Å². The number of nitrogens with zero attached hydrogens (tertiary/aromatic N) is 3. The van der Waals surface area contributed by atoms with E-state index in [4.69, 9.17) is 4.74 Å². The number of hydrogen-bond donors (Lipinski definition) is 1. The van der Waals surface area contributed by atoms with Crippen LogP contribution in [-0.4, -0.2) is 47.1 Å². The van der Waals surface area contributed by atoms with Gasteiger partial charge in [0.15, 0.2) is 0 Å². The van der Waals surface area contributed by atoms with Crippen molar-refractivity contribution in [1.29, 1.82) is 0 Å². The zero-order valence-corrected chi connectivity index (χ0v) is 15.7. The number of thioether (sulfide) groups is 1. The maximum atomic E-state index is 11.8. The lowest BCUT2D eigenvalue weighted by Gasteiger charge is -2.05. The van der Waals surface area contributed by atoms with E-state index < -0.39 is 0 Å². The SMILES string of the molecule is COCCNC(=O)CSc1nnc(-c2cccs2)c2sc(C)nc12. The predicted molar refractivity (Wildman–Crippen MR) is 98.9 cm³/mol. The largest absolute Gasteiger partial charge is 0.383 e. The number of aryl methyl sites for hydroxylation is 1. The van der Waals surface area contributed by atoms with E-state index in [1.165, 1.54) is 11.8 Å². The van der Waals surface area contributed by atoms with Crippen molar-refractivity contribution in [3.8, 4) is 10.6 Å². The summed E-state index contributed by atoms with van der Waals surface area (Å²) in [5, 5.41) is 15.1. The molecule has 0 saturated carbocycles. The average Bonchev–Trinajstić information content (AvgIpc) is 3.21. The van der Waals surface area contributed by atoms with Gasteiger partial charge in [-0.15, -0.1) is 32.9 Å². The van der Waals surface area contributed by atoms with Crippen LogP contribution in [0.3, 0.4) is 0 Å². The predicted octanol–water partition coefficient (Wildman–Crippen LogP) is 2.98. The Balaban J connectivity index is 1.80. The summed E-state index contributed by atoms with van der Waals surface area (Å²) < 4.78 is 5.93. The molecule has 0 atom stereocenters. The molecule has 6 nitrogen and oxygen atoms in total. The van der Waals surface area contributed by atoms with Crippen LogP contribution in [0.4, 0.5) is 0 Å². The molecule has 0 aliphatic carbocycles. The van der Waals surface area contributed by atoms with E-state index in [0.717, 1.165) is 25.8 Å². The molecule has 0 aliphatic rings. The van der Waals surface area contributed by atoms with Crippen molar-refractivity contribution in [2.24, 2.45) is 0 Å². The molecule has 0 unspecified atom stereocenters. The van der Waals surface area contributed by atoms with Gasteiger partial charge < -0.3 is 10.1 Å². The summed E-state index contributed by atoms with van der Waals surface area (Å²) in [6.45, 7) is 2.97. The standard InChI is InChI=1S/C15H16N4O2S3/c1-9-17-13-14(24-9)12(10-4-3-7-22-10)18-19-15(13)23-8-11(20)16-5-6-21-2/h3-4,7H,5-6,8H2,1-2H3,(H,16,20). The molecular weight excluding hydrogens is 364 g/mol. The minimum absolute atomic E-state index is 0.0544. The molecule has 0 aromatic carbocycles. The van der Waals surface area contributed by atoms with Crippen molar-refractivity contribution in [1.82, 2.24) is 20.5 Å². The van der Waals surface area contributed by atoms with Gasteiger partial charge in [-0.05, 0) is 18.4 Å². The van der Waals surface area contributed by atoms with Gasteiger partial charge in [0, 0.05) is 13.7 Å². The van der Waals surface area contributed by atoms with Crippen LogP contribution in [0, 0.1) is 6.92 Å². The molecular formula is C15H16N4O2S3. The molecule has 0 fully saturated rings. The Labute approximate surface area is 151 Å². The van der Waals surface area contributed by atoms with Crippen LogP contribution >= 0.6 is 34.4 Å². The van der Waals surface area contributed by atoms with Crippen LogP contribution in [-0.2, 0) is 9.53 Å². The summed E-state index contributed by atoms with van der Waals surface area (Å²) in [6.07, 6.45) is 0. The number of amides is 1. The highest BCUT2D eigenvalue weighted by Gasteiger charge is 2.17. The third kappa shape index (κ3) is 3.92. The first-order valence-corrected chi connectivity index (χ1v) is 9.93. The van der Waals surface area contributed by atoms with Gasteiger partial charge >= 0.3 is 0 Å². The number of hydrogen-bond acceptors (Lipinski definition) is 8. The van der Waals surface area contributed by atoms with Crippen LogP contribution in [0.1, 0.15) is 5.01 Å². The van der Waals surface area contributed by atoms with Crippen molar-refractivity contribution in [2.75, 3.05) is 26.0 Å². The lowest BCUT2D eigenvalue weighted by atomic mass is 10.3. The third-order valence-corrected chi connectivity index (χ3v) is 5.92. The first-order valence-electron chi connectivity index (χ1n) is 7.25. The minimum Gasteiger partial charge on any atom is -0.383 e. The second kappa shape index (κ2) is 8.02. The van der Waals surface area contributed by atoms with E-state index in [-0.39, 0.29) is 11.7 Å². The number of aromatic nitrogens is 3. The first-order chi connectivity index (χ1) is 11.7. The van der Waals surface area contributed by atoms with Crippen LogP contribution in [0.25, 0.3) is 20.8 Å². The van der Waals surface area contributed by atoms with Gasteiger partial charge in [-0.25, -0.2) is 4.98 Å². The molecule has 3 rings (SSSR count). The molecule has 3 aromatic heterocycles. The number of fused-ring (bicyclic) bond motifs is 1. The van der Waals surface area contributed by atoms with Crippen molar-refractivity contribution in [3.05, 3.63) is 22.5 Å². The molecule has 0 radical (unpaired) electrons. The monoisotopic (exact) mass is 380 g/mol. The van der Waals surface area contributed by atoms with Crippen molar-refractivity contribution in [2.45, 2.75) is 11.9 Å². The number of thiophene rings is 1. The fraction of sp³-hybridized carbons (Fsp3) is 0.333. The van der Waals surface area contributed by atoms with Crippen LogP contribution in [0.2, 0.25) is 0 Å². The number of thiazole rings is 1. The quantitative estimate of drug-likeness (QED) is 0.502. The summed E-state index contributed by atoms with van der Waals surface area (Å²) in [4.78, 5) is 17.5. The molecule has 9 heteroatoms. The Bertz CT molecular complexity index is 833. The lowest BCUT2D eigenvalue weighted by Crippen LogP contribution is -2.28. The van der Waals surface area contributed by atoms with Crippen molar-refractivity contribution in [3.63, 3.8) is 0 Å². The summed E-state index contributed by atoms with van der Waals surface area (Å²) >= 11 is 4.59. The normalized spacial score (nSPS) is 11.1. The number of rotatable bonds is 7. The molecule has 1 amide bonds. The Morgan fingerprint density at radius 1 is 1.42 bits per heavy atom. The molecule has 24 heavy (non-hydrogen) atoms. The summed E-state index contributed by atoms with van der Waals surface area (Å²) in [7, 11) is 1.60. The Morgan fingerprint density at radius 3 is 3.04 bits per heavy atom. The van der Waals surface area contributed by atoms with E-state index in [0.29, 0.717) is 18.2 Å². The maximum absolute atomic E-state index is 11.8. The molecule has 3 aromatic rings. The Kier molecular flexibility index (Phi) is 5.77. The third-order valence-electron chi connectivity index (χ3n) is 3.12. The second-order valence-electron chi connectivity index (χ2n) is 4.87. The van der Waals surface area contributed by atoms with Crippen molar-refractivity contribution >= 4 is 50.6 Å². The molecule has 0 saturated heterocycles. The number of carbonyl (C=O) groups excluding carboxylic acids is 1. The number of ether oxygens (including phenoxy) is 1. The number of nitrogens with one attached hydrogen (secondary N) is 1. The molecule has 126 valence electrons. The average molecular weight is 381 g/mol. The van der Waals surface area contributed by atoms with E-state index in [1.54, 1.807) is 29.8 Å². The van der Waals surface area contributed by atoms with E-state index in [2.05, 4.69) is 20.5 Å². The highest BCUT2D eigenvalue weighted by Crippen LogP contribution is 2.36. The van der Waals surface area contributed by atoms with E-state index in [1.807, 2.05) is 24.4 Å². The van der Waals surface area contributed by atoms with Crippen LogP contribution in [0.5, 0.6) is 0 Å². The molecule has 0 spiro atoms. The number of methoxy groups -OCH3 is 1. The second-order valence-corrected chi connectivity index (χ2v) is 7.99. The smallest absolute Gasteiger partial charge is 0.230 e. The number of carbonyl (C=O) groups is 1. The van der Waals surface area contributed by atoms with Gasteiger partial charge in [0.05, 0.1) is 26.9 Å². The zero-order valence-electron chi connectivity index (χ0n) is 13.2. The van der Waals surface area contributed by atoms with Crippen LogP contribution in [0.15, 0.2) is 22.5 Å². The highest BCUT2D eigenvalue weighted by molar-refractivity contribution is 8.00. The Morgan fingerprint density at radius 2 is 2.29 bits per heavy atom.